The van der Waals surface area contributed by atoms with Crippen molar-refractivity contribution in [2.24, 2.45) is 0 Å². The number of pyridine rings is 1. The molecule has 1 heterocycles. The summed E-state index contributed by atoms with van der Waals surface area (Å²) in [6.45, 7) is 2.54. The van der Waals surface area contributed by atoms with Crippen molar-refractivity contribution in [3.05, 3.63) is 102 Å². The van der Waals surface area contributed by atoms with E-state index in [2.05, 4.69) is 10.3 Å². The van der Waals surface area contributed by atoms with Gasteiger partial charge in [0.2, 0.25) is 11.8 Å². The predicted octanol–water partition coefficient (Wildman–Crippen LogP) is 3.75. The minimum Gasteiger partial charge on any atom is -0.349 e. The number of hydrogen-bond donors (Lipinski definition) is 1. The molecule has 154 valence electrons. The summed E-state index contributed by atoms with van der Waals surface area (Å²) in [5.41, 5.74) is 2.79. The van der Waals surface area contributed by atoms with Crippen molar-refractivity contribution in [2.45, 2.75) is 38.9 Å². The third-order valence-corrected chi connectivity index (χ3v) is 4.94. The van der Waals surface area contributed by atoms with Crippen molar-refractivity contribution < 1.29 is 9.59 Å². The molecule has 1 N–H and O–H groups in total. The van der Waals surface area contributed by atoms with Crippen LogP contribution in [0.2, 0.25) is 0 Å². The molecule has 5 nitrogen and oxygen atoms in total. The van der Waals surface area contributed by atoms with Crippen LogP contribution in [0.3, 0.4) is 0 Å². The second-order valence-electron chi connectivity index (χ2n) is 7.11. The first-order valence-electron chi connectivity index (χ1n) is 10.2. The fraction of sp³-hybridized carbons (Fsp3) is 0.240. The number of amides is 2. The van der Waals surface area contributed by atoms with Gasteiger partial charge in [-0.15, -0.1) is 0 Å². The molecule has 2 aromatic carbocycles. The molecule has 0 unspecified atom stereocenters. The number of aromatic nitrogens is 1. The van der Waals surface area contributed by atoms with E-state index in [0.29, 0.717) is 25.9 Å². The summed E-state index contributed by atoms with van der Waals surface area (Å²) in [7, 11) is 0. The molecular formula is C25H27N3O2. The van der Waals surface area contributed by atoms with Crippen molar-refractivity contribution in [1.29, 1.82) is 0 Å². The molecule has 0 aliphatic heterocycles. The second kappa shape index (κ2) is 10.9. The van der Waals surface area contributed by atoms with E-state index in [1.165, 1.54) is 0 Å². The predicted molar refractivity (Wildman–Crippen MR) is 117 cm³/mol. The number of carbonyl (C=O) groups excluding carboxylic acids is 2. The largest absolute Gasteiger partial charge is 0.349 e. The molecule has 1 aromatic heterocycles. The van der Waals surface area contributed by atoms with E-state index >= 15 is 0 Å². The highest BCUT2D eigenvalue weighted by Gasteiger charge is 2.29. The minimum absolute atomic E-state index is 0.0484. The zero-order chi connectivity index (χ0) is 21.2. The van der Waals surface area contributed by atoms with Crippen LogP contribution in [0.15, 0.2) is 85.1 Å². The summed E-state index contributed by atoms with van der Waals surface area (Å²) < 4.78 is 0. The highest BCUT2D eigenvalue weighted by molar-refractivity contribution is 5.87. The third kappa shape index (κ3) is 6.01. The zero-order valence-electron chi connectivity index (χ0n) is 17.2. The Labute approximate surface area is 177 Å². The number of nitrogens with one attached hydrogen (secondary N) is 1. The highest BCUT2D eigenvalue weighted by atomic mass is 16.2. The molecule has 0 saturated heterocycles. The maximum atomic E-state index is 13.2. The van der Waals surface area contributed by atoms with Crippen LogP contribution in [0.1, 0.15) is 30.2 Å². The molecule has 0 fully saturated rings. The van der Waals surface area contributed by atoms with E-state index in [4.69, 9.17) is 0 Å². The number of hydrogen-bond acceptors (Lipinski definition) is 3. The van der Waals surface area contributed by atoms with Gasteiger partial charge in [0.15, 0.2) is 0 Å². The van der Waals surface area contributed by atoms with Crippen molar-refractivity contribution >= 4 is 11.8 Å². The van der Waals surface area contributed by atoms with Crippen LogP contribution >= 0.6 is 0 Å². The lowest BCUT2D eigenvalue weighted by molar-refractivity contribution is -0.141. The number of nitrogens with zero attached hydrogens (tertiary/aromatic N) is 2. The number of carbonyl (C=O) groups is 2. The van der Waals surface area contributed by atoms with Crippen molar-refractivity contribution in [3.63, 3.8) is 0 Å². The van der Waals surface area contributed by atoms with Gasteiger partial charge in [-0.05, 0) is 23.3 Å². The Morgan fingerprint density at radius 2 is 1.53 bits per heavy atom. The lowest BCUT2D eigenvalue weighted by Crippen LogP contribution is -2.50. The van der Waals surface area contributed by atoms with Crippen LogP contribution in [-0.4, -0.2) is 27.7 Å². The van der Waals surface area contributed by atoms with Gasteiger partial charge < -0.3 is 10.2 Å². The normalized spacial score (nSPS) is 11.5. The van der Waals surface area contributed by atoms with Gasteiger partial charge >= 0.3 is 0 Å². The van der Waals surface area contributed by atoms with Crippen molar-refractivity contribution in [1.82, 2.24) is 15.2 Å². The maximum absolute atomic E-state index is 13.2. The van der Waals surface area contributed by atoms with Crippen molar-refractivity contribution in [3.8, 4) is 0 Å². The molecule has 30 heavy (non-hydrogen) atoms. The van der Waals surface area contributed by atoms with Crippen LogP contribution in [-0.2, 0) is 29.1 Å². The van der Waals surface area contributed by atoms with Crippen LogP contribution in [0.4, 0.5) is 0 Å². The summed E-state index contributed by atoms with van der Waals surface area (Å²) >= 11 is 0. The van der Waals surface area contributed by atoms with Gasteiger partial charge in [0, 0.05) is 25.6 Å². The van der Waals surface area contributed by atoms with Gasteiger partial charge in [0.05, 0.1) is 12.2 Å². The van der Waals surface area contributed by atoms with E-state index in [-0.39, 0.29) is 11.8 Å². The lowest BCUT2D eigenvalue weighted by atomic mass is 10.0. The Hall–Kier alpha value is -3.47. The summed E-state index contributed by atoms with van der Waals surface area (Å²) in [6.07, 6.45) is 2.49. The van der Waals surface area contributed by atoms with Crippen LogP contribution < -0.4 is 5.32 Å². The van der Waals surface area contributed by atoms with Gasteiger partial charge in [0.25, 0.3) is 0 Å². The number of rotatable bonds is 9. The maximum Gasteiger partial charge on any atom is 0.243 e. The SMILES string of the molecule is CCC(=O)N(Cc1ccccc1)[C@H](Cc1ccccc1)C(=O)NCc1ccccn1. The summed E-state index contributed by atoms with van der Waals surface area (Å²) in [6, 6.07) is 24.6. The summed E-state index contributed by atoms with van der Waals surface area (Å²) in [4.78, 5) is 32.1. The molecule has 3 rings (SSSR count). The average molecular weight is 402 g/mol. The Bertz CT molecular complexity index is 930. The van der Waals surface area contributed by atoms with E-state index in [1.807, 2.05) is 85.8 Å². The van der Waals surface area contributed by atoms with E-state index in [0.717, 1.165) is 16.8 Å². The molecule has 0 saturated carbocycles. The minimum atomic E-state index is -0.608. The van der Waals surface area contributed by atoms with Gasteiger partial charge in [0.1, 0.15) is 6.04 Å². The topological polar surface area (TPSA) is 62.3 Å². The molecule has 1 atom stereocenters. The molecule has 0 spiro atoms. The molecule has 2 amide bonds. The van der Waals surface area contributed by atoms with Crippen LogP contribution in [0.25, 0.3) is 0 Å². The molecular weight excluding hydrogens is 374 g/mol. The first kappa shape index (κ1) is 21.2. The monoisotopic (exact) mass is 401 g/mol. The average Bonchev–Trinajstić information content (AvgIpc) is 2.81. The first-order chi connectivity index (χ1) is 14.7. The van der Waals surface area contributed by atoms with Gasteiger partial charge in [-0.25, -0.2) is 0 Å². The lowest BCUT2D eigenvalue weighted by Gasteiger charge is -2.31. The van der Waals surface area contributed by atoms with Crippen LogP contribution in [0, 0.1) is 0 Å². The molecule has 0 radical (unpaired) electrons. The second-order valence-corrected chi connectivity index (χ2v) is 7.11. The Balaban J connectivity index is 1.84. The standard InChI is InChI=1S/C25H27N3O2/c1-2-24(29)28(19-21-13-7-4-8-14-21)23(17-20-11-5-3-6-12-20)25(30)27-18-22-15-9-10-16-26-22/h3-16,23H,2,17-19H2,1H3,(H,27,30)/t23-/m1/s1. The quantitative estimate of drug-likeness (QED) is 0.594. The van der Waals surface area contributed by atoms with Gasteiger partial charge in [-0.2, -0.15) is 0 Å². The van der Waals surface area contributed by atoms with Crippen LogP contribution in [0.5, 0.6) is 0 Å². The van der Waals surface area contributed by atoms with E-state index < -0.39 is 6.04 Å². The van der Waals surface area contributed by atoms with Crippen molar-refractivity contribution in [2.75, 3.05) is 0 Å². The Kier molecular flexibility index (Phi) is 7.72. The number of benzene rings is 2. The highest BCUT2D eigenvalue weighted by Crippen LogP contribution is 2.15. The van der Waals surface area contributed by atoms with E-state index in [9.17, 15) is 9.59 Å². The smallest absolute Gasteiger partial charge is 0.243 e. The molecule has 0 aliphatic carbocycles. The molecule has 5 heteroatoms. The zero-order valence-corrected chi connectivity index (χ0v) is 17.2. The molecule has 0 bridgehead atoms. The van der Waals surface area contributed by atoms with Gasteiger partial charge in [-0.3, -0.25) is 14.6 Å². The fourth-order valence-electron chi connectivity index (χ4n) is 3.34. The summed E-state index contributed by atoms with van der Waals surface area (Å²) in [5, 5.41) is 2.97. The first-order valence-corrected chi connectivity index (χ1v) is 10.2. The fourth-order valence-corrected chi connectivity index (χ4v) is 3.34. The molecule has 3 aromatic rings. The summed E-state index contributed by atoms with van der Waals surface area (Å²) in [5.74, 6) is -0.227. The Morgan fingerprint density at radius 3 is 2.13 bits per heavy atom. The molecule has 0 aliphatic rings. The third-order valence-electron chi connectivity index (χ3n) is 4.94. The van der Waals surface area contributed by atoms with E-state index in [1.54, 1.807) is 11.1 Å². The van der Waals surface area contributed by atoms with Gasteiger partial charge in [-0.1, -0.05) is 73.7 Å². The Morgan fingerprint density at radius 1 is 0.900 bits per heavy atom.